The lowest BCUT2D eigenvalue weighted by molar-refractivity contribution is 0.102. The maximum atomic E-state index is 15.0. The first-order chi connectivity index (χ1) is 16.3. The van der Waals surface area contributed by atoms with Crippen LogP contribution in [0, 0.1) is 5.82 Å². The van der Waals surface area contributed by atoms with Crippen molar-refractivity contribution in [3.63, 3.8) is 0 Å². The van der Waals surface area contributed by atoms with Crippen molar-refractivity contribution >= 4 is 27.1 Å². The smallest absolute Gasteiger partial charge is 0.258 e. The number of anilines is 1. The minimum Gasteiger partial charge on any atom is -0.322 e. The Morgan fingerprint density at radius 1 is 1.03 bits per heavy atom. The summed E-state index contributed by atoms with van der Waals surface area (Å²) in [6.07, 6.45) is 8.08. The summed E-state index contributed by atoms with van der Waals surface area (Å²) >= 11 is 0. The lowest BCUT2D eigenvalue weighted by Crippen LogP contribution is -2.14. The lowest BCUT2D eigenvalue weighted by Gasteiger charge is -2.09. The molecule has 0 spiro atoms. The number of nitrogens with zero attached hydrogens (tertiary/aromatic N) is 3. The molecule has 10 heteroatoms. The van der Waals surface area contributed by atoms with Gasteiger partial charge in [0.05, 0.1) is 28.5 Å². The summed E-state index contributed by atoms with van der Waals surface area (Å²) in [5.74, 6) is -1.40. The van der Waals surface area contributed by atoms with E-state index in [2.05, 4.69) is 20.5 Å². The molecule has 3 aromatic heterocycles. The fourth-order valence-corrected chi connectivity index (χ4v) is 4.30. The van der Waals surface area contributed by atoms with Crippen molar-refractivity contribution in [3.05, 3.63) is 90.8 Å². The van der Waals surface area contributed by atoms with Gasteiger partial charge in [0.1, 0.15) is 11.5 Å². The number of carbonyl (C=O) groups excluding carboxylic acids is 1. The molecular formula is C24H18FN5O3S. The Hall–Kier alpha value is -4.31. The molecule has 170 valence electrons. The molecule has 0 saturated carbocycles. The van der Waals surface area contributed by atoms with E-state index < -0.39 is 21.6 Å². The van der Waals surface area contributed by atoms with Gasteiger partial charge in [-0.1, -0.05) is 12.1 Å². The molecular weight excluding hydrogens is 457 g/mol. The number of hydrogen-bond acceptors (Lipinski definition) is 5. The molecule has 1 amide bonds. The summed E-state index contributed by atoms with van der Waals surface area (Å²) in [5.41, 5.74) is 3.80. The van der Waals surface area contributed by atoms with Crippen LogP contribution in [-0.4, -0.2) is 40.2 Å². The normalized spacial score (nSPS) is 11.6. The predicted molar refractivity (Wildman–Crippen MR) is 126 cm³/mol. The molecule has 0 atom stereocenters. The van der Waals surface area contributed by atoms with Crippen molar-refractivity contribution < 1.29 is 17.6 Å². The zero-order valence-electron chi connectivity index (χ0n) is 17.9. The van der Waals surface area contributed by atoms with Crippen LogP contribution in [0.3, 0.4) is 0 Å². The number of halogens is 1. The average Bonchev–Trinajstić information content (AvgIpc) is 3.48. The van der Waals surface area contributed by atoms with Crippen LogP contribution in [0.25, 0.3) is 28.0 Å². The third-order valence-corrected chi connectivity index (χ3v) is 6.48. The maximum Gasteiger partial charge on any atom is 0.258 e. The van der Waals surface area contributed by atoms with Crippen LogP contribution in [0.5, 0.6) is 0 Å². The van der Waals surface area contributed by atoms with Gasteiger partial charge in [-0.25, -0.2) is 17.8 Å². The van der Waals surface area contributed by atoms with Gasteiger partial charge >= 0.3 is 0 Å². The topological polar surface area (TPSA) is 109 Å². The summed E-state index contributed by atoms with van der Waals surface area (Å²) in [5, 5.41) is 9.29. The number of pyridine rings is 1. The lowest BCUT2D eigenvalue weighted by atomic mass is 10.1. The number of imidazole rings is 1. The Balaban J connectivity index is 1.45. The number of amides is 1. The number of fused-ring (bicyclic) bond motifs is 1. The molecule has 0 unspecified atom stereocenters. The van der Waals surface area contributed by atoms with Crippen molar-refractivity contribution in [1.29, 1.82) is 0 Å². The van der Waals surface area contributed by atoms with Crippen molar-refractivity contribution in [2.75, 3.05) is 11.6 Å². The molecule has 0 bridgehead atoms. The van der Waals surface area contributed by atoms with Gasteiger partial charge in [0, 0.05) is 41.0 Å². The van der Waals surface area contributed by atoms with Gasteiger partial charge < -0.3 is 5.32 Å². The largest absolute Gasteiger partial charge is 0.322 e. The predicted octanol–water partition coefficient (Wildman–Crippen LogP) is 4.19. The van der Waals surface area contributed by atoms with E-state index in [-0.39, 0.29) is 16.1 Å². The van der Waals surface area contributed by atoms with E-state index in [0.717, 1.165) is 17.4 Å². The molecule has 3 heterocycles. The quantitative estimate of drug-likeness (QED) is 0.396. The molecule has 8 nitrogen and oxygen atoms in total. The Kier molecular flexibility index (Phi) is 5.21. The van der Waals surface area contributed by atoms with Gasteiger partial charge in [-0.05, 0) is 42.5 Å². The van der Waals surface area contributed by atoms with Crippen molar-refractivity contribution in [3.8, 4) is 22.4 Å². The fourth-order valence-electron chi connectivity index (χ4n) is 3.64. The number of sulfone groups is 1. The van der Waals surface area contributed by atoms with Crippen LogP contribution < -0.4 is 5.32 Å². The molecule has 5 rings (SSSR count). The van der Waals surface area contributed by atoms with E-state index in [1.165, 1.54) is 36.4 Å². The van der Waals surface area contributed by atoms with Gasteiger partial charge in [0.25, 0.3) is 5.91 Å². The zero-order chi connectivity index (χ0) is 23.9. The van der Waals surface area contributed by atoms with Gasteiger partial charge in [-0.15, -0.1) is 0 Å². The summed E-state index contributed by atoms with van der Waals surface area (Å²) in [7, 11) is -3.44. The Bertz CT molecular complexity index is 1640. The van der Waals surface area contributed by atoms with E-state index >= 15 is 0 Å². The third kappa shape index (κ3) is 4.06. The third-order valence-electron chi connectivity index (χ3n) is 5.37. The molecule has 0 radical (unpaired) electrons. The number of nitrogens with one attached hydrogen (secondary N) is 2. The average molecular weight is 476 g/mol. The Labute approximate surface area is 194 Å². The number of H-pyrrole nitrogens is 1. The second kappa shape index (κ2) is 8.23. The van der Waals surface area contributed by atoms with E-state index in [9.17, 15) is 17.6 Å². The van der Waals surface area contributed by atoms with E-state index in [0.29, 0.717) is 16.9 Å². The molecule has 2 aromatic carbocycles. The van der Waals surface area contributed by atoms with Gasteiger partial charge in [-0.2, -0.15) is 5.10 Å². The molecule has 5 aromatic rings. The first kappa shape index (κ1) is 21.5. The molecule has 2 N–H and O–H groups in total. The van der Waals surface area contributed by atoms with Crippen LogP contribution in [-0.2, 0) is 9.84 Å². The van der Waals surface area contributed by atoms with E-state index in [1.807, 2.05) is 22.7 Å². The molecule has 0 saturated heterocycles. The van der Waals surface area contributed by atoms with Crippen molar-refractivity contribution in [1.82, 2.24) is 19.6 Å². The summed E-state index contributed by atoms with van der Waals surface area (Å²) in [6.45, 7) is 0. The first-order valence-corrected chi connectivity index (χ1v) is 12.1. The summed E-state index contributed by atoms with van der Waals surface area (Å²) in [4.78, 5) is 17.1. The maximum absolute atomic E-state index is 15.0. The summed E-state index contributed by atoms with van der Waals surface area (Å²) < 4.78 is 40.3. The Morgan fingerprint density at radius 3 is 2.59 bits per heavy atom. The van der Waals surface area contributed by atoms with Crippen molar-refractivity contribution in [2.45, 2.75) is 4.90 Å². The number of aromatic nitrogens is 4. The standard InChI is InChI=1S/C24H18FN5O3S/c1-34(32,33)19-4-2-3-18(10-19)29-24(31)20-7-5-15(9-21(20)25)22-13-26-23-8-6-16(14-30(22)23)17-11-27-28-12-17/h2-14H,1H3,(H,27,28)(H,29,31). The highest BCUT2D eigenvalue weighted by Gasteiger charge is 2.16. The monoisotopic (exact) mass is 475 g/mol. The van der Waals surface area contributed by atoms with Gasteiger partial charge in [-0.3, -0.25) is 14.3 Å². The number of benzene rings is 2. The SMILES string of the molecule is CS(=O)(=O)c1cccc(NC(=O)c2ccc(-c3cnc4ccc(-c5cn[nH]c5)cn34)cc2F)c1. The highest BCUT2D eigenvalue weighted by molar-refractivity contribution is 7.90. The van der Waals surface area contributed by atoms with Gasteiger partial charge in [0.15, 0.2) is 9.84 Å². The minimum atomic E-state index is -3.44. The van der Waals surface area contributed by atoms with Crippen LogP contribution in [0.1, 0.15) is 10.4 Å². The second-order valence-electron chi connectivity index (χ2n) is 7.73. The molecule has 0 aliphatic heterocycles. The van der Waals surface area contributed by atoms with Crippen LogP contribution in [0.4, 0.5) is 10.1 Å². The minimum absolute atomic E-state index is 0.0588. The highest BCUT2D eigenvalue weighted by atomic mass is 32.2. The number of rotatable bonds is 5. The zero-order valence-corrected chi connectivity index (χ0v) is 18.7. The molecule has 0 aliphatic rings. The van der Waals surface area contributed by atoms with Crippen molar-refractivity contribution in [2.24, 2.45) is 0 Å². The Morgan fingerprint density at radius 2 is 1.85 bits per heavy atom. The number of aromatic amines is 1. The molecule has 0 aliphatic carbocycles. The molecule has 34 heavy (non-hydrogen) atoms. The number of hydrogen-bond donors (Lipinski definition) is 2. The molecule has 0 fully saturated rings. The van der Waals surface area contributed by atoms with E-state index in [1.54, 1.807) is 24.7 Å². The first-order valence-electron chi connectivity index (χ1n) is 10.2. The van der Waals surface area contributed by atoms with Crippen LogP contribution in [0.2, 0.25) is 0 Å². The number of carbonyl (C=O) groups is 1. The second-order valence-corrected chi connectivity index (χ2v) is 9.74. The van der Waals surface area contributed by atoms with Gasteiger partial charge in [0.2, 0.25) is 0 Å². The van der Waals surface area contributed by atoms with E-state index in [4.69, 9.17) is 0 Å². The van der Waals surface area contributed by atoms with Crippen LogP contribution in [0.15, 0.2) is 84.3 Å². The highest BCUT2D eigenvalue weighted by Crippen LogP contribution is 2.26. The fraction of sp³-hybridized carbons (Fsp3) is 0.0417. The summed E-state index contributed by atoms with van der Waals surface area (Å²) in [6, 6.07) is 13.9. The van der Waals surface area contributed by atoms with Crippen LogP contribution >= 0.6 is 0 Å².